The van der Waals surface area contributed by atoms with Crippen LogP contribution < -0.4 is 4.72 Å². The number of rotatable bonds is 4. The van der Waals surface area contributed by atoms with Gasteiger partial charge in [-0.05, 0) is 51.6 Å². The van der Waals surface area contributed by atoms with Crippen LogP contribution in [0.4, 0.5) is 5.69 Å². The number of nitrogens with zero attached hydrogens (tertiary/aromatic N) is 3. The number of anilines is 1. The molecule has 0 saturated heterocycles. The highest BCUT2D eigenvalue weighted by molar-refractivity contribution is 9.10. The summed E-state index contributed by atoms with van der Waals surface area (Å²) >= 11 is 4.38. The van der Waals surface area contributed by atoms with Crippen molar-refractivity contribution in [1.29, 1.82) is 0 Å². The van der Waals surface area contributed by atoms with Crippen LogP contribution in [-0.2, 0) is 10.0 Å². The van der Waals surface area contributed by atoms with Crippen LogP contribution in [0.3, 0.4) is 0 Å². The third kappa shape index (κ3) is 2.99. The summed E-state index contributed by atoms with van der Waals surface area (Å²) in [6, 6.07) is 8.50. The maximum absolute atomic E-state index is 12.2. The number of hydrogen-bond acceptors (Lipinski definition) is 5. The molecule has 0 radical (unpaired) electrons. The minimum atomic E-state index is -3.58. The highest BCUT2D eigenvalue weighted by Gasteiger charge is 2.19. The molecule has 0 aliphatic rings. The molecule has 108 valence electrons. The van der Waals surface area contributed by atoms with Gasteiger partial charge in [-0.3, -0.25) is 4.72 Å². The number of benzene rings is 1. The summed E-state index contributed by atoms with van der Waals surface area (Å²) in [6.07, 6.45) is 3.15. The summed E-state index contributed by atoms with van der Waals surface area (Å²) in [5.74, 6) is 0. The summed E-state index contributed by atoms with van der Waals surface area (Å²) in [7, 11) is -3.58. The number of aromatic nitrogens is 3. The molecule has 3 aromatic rings. The normalized spacial score (nSPS) is 11.5. The highest BCUT2D eigenvalue weighted by atomic mass is 79.9. The first kappa shape index (κ1) is 14.2. The SMILES string of the molecule is O=S(=O)(Nc1ccc(-n2nccn2)cc1)c1sccc1Br. The quantitative estimate of drug-likeness (QED) is 0.749. The maximum Gasteiger partial charge on any atom is 0.272 e. The Labute approximate surface area is 133 Å². The fourth-order valence-corrected chi connectivity index (χ4v) is 5.08. The van der Waals surface area contributed by atoms with Gasteiger partial charge in [0.1, 0.15) is 0 Å². The molecule has 0 saturated carbocycles. The second kappa shape index (κ2) is 5.58. The molecule has 0 aliphatic carbocycles. The van der Waals surface area contributed by atoms with Crippen molar-refractivity contribution in [3.05, 3.63) is 52.6 Å². The van der Waals surface area contributed by atoms with Crippen molar-refractivity contribution in [2.24, 2.45) is 0 Å². The molecule has 0 unspecified atom stereocenters. The molecular formula is C12H9BrN4O2S2. The van der Waals surface area contributed by atoms with E-state index in [0.29, 0.717) is 10.2 Å². The molecule has 2 aromatic heterocycles. The van der Waals surface area contributed by atoms with E-state index in [1.807, 2.05) is 0 Å². The molecule has 3 rings (SSSR count). The lowest BCUT2D eigenvalue weighted by atomic mass is 10.3. The number of sulfonamides is 1. The van der Waals surface area contributed by atoms with Gasteiger partial charge in [0, 0.05) is 10.2 Å². The molecule has 9 heteroatoms. The Balaban J connectivity index is 1.84. The zero-order valence-corrected chi connectivity index (χ0v) is 13.7. The van der Waals surface area contributed by atoms with E-state index in [1.165, 1.54) is 4.80 Å². The smallest absolute Gasteiger partial charge is 0.272 e. The Kier molecular flexibility index (Phi) is 3.79. The van der Waals surface area contributed by atoms with E-state index in [0.717, 1.165) is 17.0 Å². The minimum absolute atomic E-state index is 0.250. The third-order valence-corrected chi connectivity index (χ3v) is 6.65. The van der Waals surface area contributed by atoms with E-state index in [1.54, 1.807) is 48.1 Å². The highest BCUT2D eigenvalue weighted by Crippen LogP contribution is 2.29. The van der Waals surface area contributed by atoms with Crippen LogP contribution in [0, 0.1) is 0 Å². The van der Waals surface area contributed by atoms with Gasteiger partial charge in [0.2, 0.25) is 0 Å². The van der Waals surface area contributed by atoms with Gasteiger partial charge in [-0.1, -0.05) is 0 Å². The average molecular weight is 385 g/mol. The molecule has 2 heterocycles. The van der Waals surface area contributed by atoms with Crippen molar-refractivity contribution < 1.29 is 8.42 Å². The summed E-state index contributed by atoms with van der Waals surface area (Å²) in [6.45, 7) is 0. The van der Waals surface area contributed by atoms with Gasteiger partial charge in [-0.15, -0.1) is 11.3 Å². The van der Waals surface area contributed by atoms with E-state index in [4.69, 9.17) is 0 Å². The monoisotopic (exact) mass is 384 g/mol. The fourth-order valence-electron chi connectivity index (χ4n) is 1.68. The lowest BCUT2D eigenvalue weighted by Crippen LogP contribution is -2.12. The standard InChI is InChI=1S/C12H9BrN4O2S2/c13-11-5-8-20-12(11)21(18,19)16-9-1-3-10(4-2-9)17-14-6-7-15-17/h1-8,16H. The molecule has 0 atom stereocenters. The van der Waals surface area contributed by atoms with Gasteiger partial charge >= 0.3 is 0 Å². The van der Waals surface area contributed by atoms with Crippen LogP contribution in [0.25, 0.3) is 5.69 Å². The largest absolute Gasteiger partial charge is 0.279 e. The number of thiophene rings is 1. The van der Waals surface area contributed by atoms with E-state index in [2.05, 4.69) is 30.8 Å². The number of hydrogen-bond donors (Lipinski definition) is 1. The molecule has 6 nitrogen and oxygen atoms in total. The lowest BCUT2D eigenvalue weighted by molar-refractivity contribution is 0.603. The minimum Gasteiger partial charge on any atom is -0.279 e. The first-order valence-corrected chi connectivity index (χ1v) is 8.94. The molecular weight excluding hydrogens is 376 g/mol. The second-order valence-corrected chi connectivity index (χ2v) is 7.68. The van der Waals surface area contributed by atoms with Gasteiger partial charge in [-0.25, -0.2) is 8.42 Å². The number of halogens is 1. The molecule has 0 aliphatic heterocycles. The van der Waals surface area contributed by atoms with Crippen molar-refractivity contribution in [3.8, 4) is 5.69 Å². The van der Waals surface area contributed by atoms with Gasteiger partial charge in [0.05, 0.1) is 18.1 Å². The summed E-state index contributed by atoms with van der Waals surface area (Å²) < 4.78 is 27.8. The maximum atomic E-state index is 12.2. The van der Waals surface area contributed by atoms with Crippen LogP contribution in [0.1, 0.15) is 0 Å². The van der Waals surface area contributed by atoms with E-state index < -0.39 is 10.0 Å². The molecule has 0 fully saturated rings. The Hall–Kier alpha value is -1.71. The molecule has 1 aromatic carbocycles. The predicted molar refractivity (Wildman–Crippen MR) is 84.2 cm³/mol. The Morgan fingerprint density at radius 2 is 1.76 bits per heavy atom. The first-order valence-electron chi connectivity index (χ1n) is 5.79. The topological polar surface area (TPSA) is 76.9 Å². The van der Waals surface area contributed by atoms with E-state index in [-0.39, 0.29) is 4.21 Å². The average Bonchev–Trinajstić information content (AvgIpc) is 3.10. The van der Waals surface area contributed by atoms with Crippen LogP contribution in [0.5, 0.6) is 0 Å². The zero-order chi connectivity index (χ0) is 14.9. The molecule has 0 bridgehead atoms. The molecule has 0 spiro atoms. The molecule has 0 amide bonds. The molecule has 21 heavy (non-hydrogen) atoms. The molecule has 1 N–H and O–H groups in total. The van der Waals surface area contributed by atoms with E-state index in [9.17, 15) is 8.42 Å². The van der Waals surface area contributed by atoms with Gasteiger partial charge < -0.3 is 0 Å². The second-order valence-electron chi connectivity index (χ2n) is 4.03. The zero-order valence-electron chi connectivity index (χ0n) is 10.5. The van der Waals surface area contributed by atoms with Crippen molar-refractivity contribution in [1.82, 2.24) is 15.0 Å². The van der Waals surface area contributed by atoms with Crippen LogP contribution >= 0.6 is 27.3 Å². The predicted octanol–water partition coefficient (Wildman–Crippen LogP) is 2.89. The third-order valence-electron chi connectivity index (χ3n) is 2.60. The Morgan fingerprint density at radius 3 is 2.33 bits per heavy atom. The van der Waals surface area contributed by atoms with Gasteiger partial charge in [0.25, 0.3) is 10.0 Å². The first-order chi connectivity index (χ1) is 10.1. The van der Waals surface area contributed by atoms with E-state index >= 15 is 0 Å². The summed E-state index contributed by atoms with van der Waals surface area (Å²) in [4.78, 5) is 1.45. The van der Waals surface area contributed by atoms with Crippen LogP contribution in [-0.4, -0.2) is 23.4 Å². The van der Waals surface area contributed by atoms with Crippen molar-refractivity contribution in [2.75, 3.05) is 4.72 Å². The van der Waals surface area contributed by atoms with Crippen LogP contribution in [0.15, 0.2) is 56.8 Å². The van der Waals surface area contributed by atoms with Crippen molar-refractivity contribution in [3.63, 3.8) is 0 Å². The Bertz CT molecular complexity index is 842. The Morgan fingerprint density at radius 1 is 1.10 bits per heavy atom. The van der Waals surface area contributed by atoms with Gasteiger partial charge in [0.15, 0.2) is 4.21 Å². The van der Waals surface area contributed by atoms with Crippen molar-refractivity contribution in [2.45, 2.75) is 4.21 Å². The summed E-state index contributed by atoms with van der Waals surface area (Å²) in [5, 5.41) is 9.72. The number of nitrogens with one attached hydrogen (secondary N) is 1. The van der Waals surface area contributed by atoms with Gasteiger partial charge in [-0.2, -0.15) is 15.0 Å². The summed E-state index contributed by atoms with van der Waals surface area (Å²) in [5.41, 5.74) is 1.23. The van der Waals surface area contributed by atoms with Crippen LogP contribution in [0.2, 0.25) is 0 Å². The van der Waals surface area contributed by atoms with Crippen molar-refractivity contribution >= 4 is 43.0 Å². The lowest BCUT2D eigenvalue weighted by Gasteiger charge is -2.07. The fraction of sp³-hybridized carbons (Fsp3) is 0.